The van der Waals surface area contributed by atoms with Gasteiger partial charge in [0, 0.05) is 32.8 Å². The standard InChI is InChI=1S/C20H14BrClN2O2S/c1-13-2-8-17(9-3-13)27(25,26)24-12-19(14-4-6-16(22)7-5-14)18-10-15(21)11-23-20(18)24/h2-12H,1H3. The highest BCUT2D eigenvalue weighted by molar-refractivity contribution is 9.10. The van der Waals surface area contributed by atoms with E-state index in [2.05, 4.69) is 20.9 Å². The maximum atomic E-state index is 13.2. The van der Waals surface area contributed by atoms with Gasteiger partial charge < -0.3 is 0 Å². The molecule has 0 saturated carbocycles. The number of aryl methyl sites for hydroxylation is 1. The molecule has 0 fully saturated rings. The lowest BCUT2D eigenvalue weighted by Gasteiger charge is -2.07. The quantitative estimate of drug-likeness (QED) is 0.395. The SMILES string of the molecule is Cc1ccc(S(=O)(=O)n2cc(-c3ccc(Cl)cc3)c3cc(Br)cnc32)cc1. The van der Waals surface area contributed by atoms with Gasteiger partial charge in [-0.05, 0) is 58.7 Å². The Morgan fingerprint density at radius 3 is 2.37 bits per heavy atom. The van der Waals surface area contributed by atoms with Crippen LogP contribution in [-0.4, -0.2) is 17.4 Å². The molecule has 0 radical (unpaired) electrons. The lowest BCUT2D eigenvalue weighted by atomic mass is 10.1. The van der Waals surface area contributed by atoms with Crippen molar-refractivity contribution < 1.29 is 8.42 Å². The zero-order valence-corrected chi connectivity index (χ0v) is 17.4. The molecule has 136 valence electrons. The van der Waals surface area contributed by atoms with Crippen molar-refractivity contribution in [1.29, 1.82) is 0 Å². The van der Waals surface area contributed by atoms with Crippen molar-refractivity contribution in [2.45, 2.75) is 11.8 Å². The number of hydrogen-bond acceptors (Lipinski definition) is 3. The lowest BCUT2D eigenvalue weighted by molar-refractivity contribution is 0.589. The third kappa shape index (κ3) is 3.29. The Kier molecular flexibility index (Phi) is 4.58. The third-order valence-electron chi connectivity index (χ3n) is 4.31. The van der Waals surface area contributed by atoms with Crippen LogP contribution in [0.3, 0.4) is 0 Å². The van der Waals surface area contributed by atoms with Gasteiger partial charge >= 0.3 is 0 Å². The maximum absolute atomic E-state index is 13.2. The van der Waals surface area contributed by atoms with E-state index in [0.717, 1.165) is 26.5 Å². The van der Waals surface area contributed by atoms with Gasteiger partial charge in [-0.3, -0.25) is 0 Å². The van der Waals surface area contributed by atoms with Crippen LogP contribution in [0.5, 0.6) is 0 Å². The number of pyridine rings is 1. The number of rotatable bonds is 3. The van der Waals surface area contributed by atoms with Gasteiger partial charge in [0.25, 0.3) is 10.0 Å². The second-order valence-electron chi connectivity index (χ2n) is 6.19. The van der Waals surface area contributed by atoms with Crippen LogP contribution in [0.25, 0.3) is 22.2 Å². The molecule has 4 rings (SSSR count). The second kappa shape index (κ2) is 6.78. The molecule has 4 aromatic rings. The molecule has 2 aromatic heterocycles. The highest BCUT2D eigenvalue weighted by Gasteiger charge is 2.23. The van der Waals surface area contributed by atoms with E-state index in [1.54, 1.807) is 48.8 Å². The average molecular weight is 462 g/mol. The molecular formula is C20H14BrClN2O2S. The Labute approximate surface area is 170 Å². The van der Waals surface area contributed by atoms with Crippen molar-refractivity contribution in [3.05, 3.63) is 82.0 Å². The van der Waals surface area contributed by atoms with Crippen LogP contribution < -0.4 is 0 Å². The summed E-state index contributed by atoms with van der Waals surface area (Å²) in [7, 11) is -3.78. The summed E-state index contributed by atoms with van der Waals surface area (Å²) >= 11 is 9.41. The average Bonchev–Trinajstić information content (AvgIpc) is 3.02. The summed E-state index contributed by atoms with van der Waals surface area (Å²) in [5, 5.41) is 1.36. The molecule has 0 unspecified atom stereocenters. The number of halogens is 2. The van der Waals surface area contributed by atoms with E-state index in [9.17, 15) is 8.42 Å². The van der Waals surface area contributed by atoms with Crippen LogP contribution in [0.2, 0.25) is 5.02 Å². The first-order valence-corrected chi connectivity index (χ1v) is 10.7. The van der Waals surface area contributed by atoms with Crippen LogP contribution >= 0.6 is 27.5 Å². The summed E-state index contributed by atoms with van der Waals surface area (Å²) in [4.78, 5) is 4.58. The summed E-state index contributed by atoms with van der Waals surface area (Å²) in [5.74, 6) is 0. The van der Waals surface area contributed by atoms with Crippen molar-refractivity contribution in [1.82, 2.24) is 8.96 Å². The normalized spacial score (nSPS) is 11.8. The van der Waals surface area contributed by atoms with Crippen LogP contribution in [0, 0.1) is 6.92 Å². The minimum atomic E-state index is -3.78. The minimum Gasteiger partial charge on any atom is -0.236 e. The molecule has 0 aliphatic carbocycles. The lowest BCUT2D eigenvalue weighted by Crippen LogP contribution is -2.12. The van der Waals surface area contributed by atoms with Gasteiger partial charge in [0.15, 0.2) is 5.65 Å². The van der Waals surface area contributed by atoms with E-state index in [1.165, 1.54) is 3.97 Å². The van der Waals surface area contributed by atoms with Crippen molar-refractivity contribution in [2.24, 2.45) is 0 Å². The van der Waals surface area contributed by atoms with Crippen molar-refractivity contribution in [3.8, 4) is 11.1 Å². The van der Waals surface area contributed by atoms with E-state index >= 15 is 0 Å². The molecule has 2 heterocycles. The first-order chi connectivity index (χ1) is 12.9. The number of aromatic nitrogens is 2. The summed E-state index contributed by atoms with van der Waals surface area (Å²) in [5.41, 5.74) is 3.01. The van der Waals surface area contributed by atoms with Gasteiger partial charge in [-0.15, -0.1) is 0 Å². The Morgan fingerprint density at radius 2 is 1.70 bits per heavy atom. The number of benzene rings is 2. The maximum Gasteiger partial charge on any atom is 0.269 e. The van der Waals surface area contributed by atoms with E-state index in [4.69, 9.17) is 11.6 Å². The van der Waals surface area contributed by atoms with Crippen molar-refractivity contribution >= 4 is 48.6 Å². The molecule has 4 nitrogen and oxygen atoms in total. The topological polar surface area (TPSA) is 52.0 Å². The molecule has 27 heavy (non-hydrogen) atoms. The predicted molar refractivity (Wildman–Crippen MR) is 112 cm³/mol. The van der Waals surface area contributed by atoms with Gasteiger partial charge in [0.05, 0.1) is 4.90 Å². The van der Waals surface area contributed by atoms with E-state index in [-0.39, 0.29) is 4.90 Å². The van der Waals surface area contributed by atoms with Crippen molar-refractivity contribution in [2.75, 3.05) is 0 Å². The first kappa shape index (κ1) is 18.2. The monoisotopic (exact) mass is 460 g/mol. The number of fused-ring (bicyclic) bond motifs is 1. The van der Waals surface area contributed by atoms with Gasteiger partial charge in [-0.2, -0.15) is 0 Å². The van der Waals surface area contributed by atoms with Crippen LogP contribution in [0.1, 0.15) is 5.56 Å². The minimum absolute atomic E-state index is 0.220. The zero-order chi connectivity index (χ0) is 19.2. The van der Waals surface area contributed by atoms with Crippen LogP contribution in [-0.2, 0) is 10.0 Å². The summed E-state index contributed by atoms with van der Waals surface area (Å²) in [6.45, 7) is 1.92. The Hall–Kier alpha value is -2.15. The third-order valence-corrected chi connectivity index (χ3v) is 6.66. The van der Waals surface area contributed by atoms with Gasteiger partial charge in [-0.1, -0.05) is 41.4 Å². The molecule has 7 heteroatoms. The molecule has 0 spiro atoms. The van der Waals surface area contributed by atoms with Crippen LogP contribution in [0.4, 0.5) is 0 Å². The summed E-state index contributed by atoms with van der Waals surface area (Å²) in [6.07, 6.45) is 3.21. The van der Waals surface area contributed by atoms with Gasteiger partial charge in [0.1, 0.15) is 0 Å². The number of nitrogens with zero attached hydrogens (tertiary/aromatic N) is 2. The van der Waals surface area contributed by atoms with Crippen LogP contribution in [0.15, 0.2) is 76.4 Å². The van der Waals surface area contributed by atoms with E-state index in [0.29, 0.717) is 10.7 Å². The largest absolute Gasteiger partial charge is 0.269 e. The van der Waals surface area contributed by atoms with Crippen molar-refractivity contribution in [3.63, 3.8) is 0 Å². The highest BCUT2D eigenvalue weighted by atomic mass is 79.9. The molecule has 2 aromatic carbocycles. The molecule has 0 saturated heterocycles. The smallest absolute Gasteiger partial charge is 0.236 e. The predicted octanol–water partition coefficient (Wildman–Crippen LogP) is 5.66. The molecule has 0 bridgehead atoms. The first-order valence-electron chi connectivity index (χ1n) is 8.11. The molecule has 0 atom stereocenters. The van der Waals surface area contributed by atoms with Gasteiger partial charge in [-0.25, -0.2) is 17.4 Å². The Balaban J connectivity index is 1.99. The summed E-state index contributed by atoms with van der Waals surface area (Å²) in [6, 6.07) is 15.9. The molecule has 0 amide bonds. The Morgan fingerprint density at radius 1 is 1.04 bits per heavy atom. The molecule has 0 aliphatic rings. The molecular weight excluding hydrogens is 448 g/mol. The fourth-order valence-corrected chi connectivity index (χ4v) is 4.70. The van der Waals surface area contributed by atoms with Gasteiger partial charge in [0.2, 0.25) is 0 Å². The molecule has 0 aliphatic heterocycles. The fraction of sp³-hybridized carbons (Fsp3) is 0.0500. The highest BCUT2D eigenvalue weighted by Crippen LogP contribution is 2.34. The van der Waals surface area contributed by atoms with E-state index < -0.39 is 10.0 Å². The fourth-order valence-electron chi connectivity index (χ4n) is 2.92. The number of hydrogen-bond donors (Lipinski definition) is 0. The Bertz CT molecular complexity index is 1250. The molecule has 0 N–H and O–H groups in total. The second-order valence-corrected chi connectivity index (χ2v) is 9.36. The zero-order valence-electron chi connectivity index (χ0n) is 14.2. The van der Waals surface area contributed by atoms with E-state index in [1.807, 2.05) is 25.1 Å². The summed E-state index contributed by atoms with van der Waals surface area (Å²) < 4.78 is 28.5.